The number of nitrogens with zero attached hydrogens (tertiary/aromatic N) is 3. The molecule has 0 amide bonds. The van der Waals surface area contributed by atoms with Crippen molar-refractivity contribution < 1.29 is 4.74 Å². The molecule has 0 unspecified atom stereocenters. The summed E-state index contributed by atoms with van der Waals surface area (Å²) >= 11 is 1.57. The molecule has 0 fully saturated rings. The SMILES string of the molecule is COc1cc(-n2cc3cc(SC)[nH]c3nc2=O)ccc1CNCCCN=C(N)N. The molecule has 0 aliphatic rings. The summed E-state index contributed by atoms with van der Waals surface area (Å²) in [6, 6.07) is 7.64. The van der Waals surface area contributed by atoms with Crippen molar-refractivity contribution in [2.24, 2.45) is 16.5 Å². The molecule has 2 aromatic heterocycles. The quantitative estimate of drug-likeness (QED) is 0.178. The molecule has 1 aromatic carbocycles. The Morgan fingerprint density at radius 2 is 2.21 bits per heavy atom. The lowest BCUT2D eigenvalue weighted by atomic mass is 10.1. The van der Waals surface area contributed by atoms with E-state index in [0.717, 1.165) is 28.9 Å². The van der Waals surface area contributed by atoms with E-state index in [1.165, 1.54) is 4.57 Å². The van der Waals surface area contributed by atoms with Crippen molar-refractivity contribution in [2.45, 2.75) is 18.0 Å². The molecule has 0 saturated heterocycles. The number of nitrogens with one attached hydrogen (secondary N) is 2. The fourth-order valence-electron chi connectivity index (χ4n) is 2.93. The van der Waals surface area contributed by atoms with Gasteiger partial charge in [0.25, 0.3) is 0 Å². The van der Waals surface area contributed by atoms with Crippen molar-refractivity contribution in [3.8, 4) is 11.4 Å². The molecule has 0 aliphatic carbocycles. The Hall–Kier alpha value is -2.98. The number of hydrogen-bond donors (Lipinski definition) is 4. The van der Waals surface area contributed by atoms with Crippen LogP contribution in [-0.4, -0.2) is 46.9 Å². The Morgan fingerprint density at radius 3 is 2.93 bits per heavy atom. The molecule has 154 valence electrons. The summed E-state index contributed by atoms with van der Waals surface area (Å²) in [7, 11) is 1.61. The molecule has 0 aliphatic heterocycles. The van der Waals surface area contributed by atoms with Crippen molar-refractivity contribution in [2.75, 3.05) is 26.5 Å². The lowest BCUT2D eigenvalue weighted by Crippen LogP contribution is -2.23. The van der Waals surface area contributed by atoms with E-state index in [-0.39, 0.29) is 11.6 Å². The van der Waals surface area contributed by atoms with Gasteiger partial charge in [0.05, 0.1) is 17.8 Å². The highest BCUT2D eigenvalue weighted by Gasteiger charge is 2.10. The van der Waals surface area contributed by atoms with Crippen LogP contribution in [0.3, 0.4) is 0 Å². The number of aromatic nitrogens is 3. The molecular formula is C19H25N7O2S. The number of H-pyrrole nitrogens is 1. The van der Waals surface area contributed by atoms with Gasteiger partial charge in [-0.25, -0.2) is 4.79 Å². The van der Waals surface area contributed by atoms with Crippen LogP contribution in [0.25, 0.3) is 16.7 Å². The second-order valence-corrected chi connectivity index (χ2v) is 7.22. The maximum Gasteiger partial charge on any atom is 0.354 e. The maximum atomic E-state index is 12.5. The van der Waals surface area contributed by atoms with Crippen LogP contribution in [0.5, 0.6) is 5.75 Å². The lowest BCUT2D eigenvalue weighted by molar-refractivity contribution is 0.407. The van der Waals surface area contributed by atoms with Crippen LogP contribution in [-0.2, 0) is 6.54 Å². The van der Waals surface area contributed by atoms with Gasteiger partial charge in [0.2, 0.25) is 0 Å². The second-order valence-electron chi connectivity index (χ2n) is 6.37. The molecule has 10 heteroatoms. The Bertz CT molecular complexity index is 1070. The molecule has 0 bridgehead atoms. The van der Waals surface area contributed by atoms with Gasteiger partial charge in [0.15, 0.2) is 5.96 Å². The minimum absolute atomic E-state index is 0.106. The summed E-state index contributed by atoms with van der Waals surface area (Å²) in [4.78, 5) is 23.7. The second kappa shape index (κ2) is 9.48. The fraction of sp³-hybridized carbons (Fsp3) is 0.316. The summed E-state index contributed by atoms with van der Waals surface area (Å²) in [5, 5.41) is 5.17. The smallest absolute Gasteiger partial charge is 0.354 e. The molecule has 9 nitrogen and oxygen atoms in total. The average molecular weight is 416 g/mol. The van der Waals surface area contributed by atoms with Crippen LogP contribution >= 0.6 is 11.8 Å². The number of rotatable bonds is 9. The van der Waals surface area contributed by atoms with E-state index in [4.69, 9.17) is 16.2 Å². The predicted octanol–water partition coefficient (Wildman–Crippen LogP) is 1.20. The molecule has 3 aromatic rings. The Morgan fingerprint density at radius 1 is 1.38 bits per heavy atom. The first kappa shape index (κ1) is 20.7. The normalized spacial score (nSPS) is 11.0. The van der Waals surface area contributed by atoms with Gasteiger partial charge >= 0.3 is 5.69 Å². The van der Waals surface area contributed by atoms with Crippen LogP contribution < -0.4 is 27.2 Å². The zero-order valence-corrected chi connectivity index (χ0v) is 17.3. The lowest BCUT2D eigenvalue weighted by Gasteiger charge is -2.12. The number of methoxy groups -OCH3 is 1. The number of thioether (sulfide) groups is 1. The van der Waals surface area contributed by atoms with Crippen LogP contribution in [0.2, 0.25) is 0 Å². The van der Waals surface area contributed by atoms with E-state index in [1.807, 2.05) is 30.5 Å². The van der Waals surface area contributed by atoms with Crippen molar-refractivity contribution in [1.82, 2.24) is 19.9 Å². The van der Waals surface area contributed by atoms with Gasteiger partial charge in [0, 0.05) is 36.3 Å². The van der Waals surface area contributed by atoms with E-state index in [2.05, 4.69) is 20.3 Å². The van der Waals surface area contributed by atoms with Gasteiger partial charge in [-0.3, -0.25) is 9.56 Å². The van der Waals surface area contributed by atoms with Crippen LogP contribution in [0, 0.1) is 0 Å². The zero-order chi connectivity index (χ0) is 20.8. The van der Waals surface area contributed by atoms with Crippen LogP contribution in [0.1, 0.15) is 12.0 Å². The first-order valence-corrected chi connectivity index (χ1v) is 10.3. The van der Waals surface area contributed by atoms with Crippen molar-refractivity contribution in [1.29, 1.82) is 0 Å². The van der Waals surface area contributed by atoms with Gasteiger partial charge in [-0.1, -0.05) is 6.07 Å². The number of ether oxygens (including phenoxy) is 1. The summed E-state index contributed by atoms with van der Waals surface area (Å²) in [6.07, 6.45) is 4.58. The molecule has 0 atom stereocenters. The maximum absolute atomic E-state index is 12.5. The molecule has 29 heavy (non-hydrogen) atoms. The summed E-state index contributed by atoms with van der Waals surface area (Å²) in [5.74, 6) is 0.805. The molecular weight excluding hydrogens is 390 g/mol. The fourth-order valence-corrected chi connectivity index (χ4v) is 3.37. The van der Waals surface area contributed by atoms with Gasteiger partial charge in [-0.15, -0.1) is 11.8 Å². The molecule has 0 radical (unpaired) electrons. The minimum atomic E-state index is -0.348. The molecule has 0 saturated carbocycles. The van der Waals surface area contributed by atoms with Gasteiger partial charge in [-0.2, -0.15) is 4.98 Å². The van der Waals surface area contributed by atoms with E-state index in [0.29, 0.717) is 30.2 Å². The van der Waals surface area contributed by atoms with Crippen molar-refractivity contribution >= 4 is 28.8 Å². The number of fused-ring (bicyclic) bond motifs is 1. The Balaban J connectivity index is 1.76. The monoisotopic (exact) mass is 415 g/mol. The summed E-state index contributed by atoms with van der Waals surface area (Å²) < 4.78 is 7.05. The number of benzene rings is 1. The molecule has 0 spiro atoms. The van der Waals surface area contributed by atoms with Crippen LogP contribution in [0.15, 0.2) is 45.3 Å². The van der Waals surface area contributed by atoms with Gasteiger partial charge < -0.3 is 26.5 Å². The standard InChI is InChI=1S/C19H25N7O2S/c1-28-15-9-14(5-4-12(15)10-22-6-3-7-23-18(20)21)26-11-13-8-16(29-2)24-17(13)25-19(26)27/h4-5,8-9,11,22H,3,6-7,10H2,1-2H3,(H4,20,21,23)(H,24,25,27). The topological polar surface area (TPSA) is 136 Å². The van der Waals surface area contributed by atoms with Crippen LogP contribution in [0.4, 0.5) is 0 Å². The number of aliphatic imine (C=N–C) groups is 1. The number of guanidine groups is 1. The highest BCUT2D eigenvalue weighted by Crippen LogP contribution is 2.23. The minimum Gasteiger partial charge on any atom is -0.496 e. The highest BCUT2D eigenvalue weighted by molar-refractivity contribution is 7.98. The molecule has 3 rings (SSSR count). The number of nitrogens with two attached hydrogens (primary N) is 2. The number of hydrogen-bond acceptors (Lipinski definition) is 6. The summed E-state index contributed by atoms with van der Waals surface area (Å²) in [5.41, 5.74) is 12.5. The van der Waals surface area contributed by atoms with E-state index in [9.17, 15) is 4.79 Å². The average Bonchev–Trinajstić information content (AvgIpc) is 3.11. The largest absolute Gasteiger partial charge is 0.496 e. The zero-order valence-electron chi connectivity index (χ0n) is 16.4. The molecule has 2 heterocycles. The van der Waals surface area contributed by atoms with E-state index >= 15 is 0 Å². The predicted molar refractivity (Wildman–Crippen MR) is 117 cm³/mol. The number of aromatic amines is 1. The Labute approximate surface area is 172 Å². The first-order chi connectivity index (χ1) is 14.0. The van der Waals surface area contributed by atoms with Gasteiger partial charge in [-0.05, 0) is 31.4 Å². The van der Waals surface area contributed by atoms with Crippen molar-refractivity contribution in [3.05, 3.63) is 46.5 Å². The third kappa shape index (κ3) is 5.09. The summed E-state index contributed by atoms with van der Waals surface area (Å²) in [6.45, 7) is 1.99. The van der Waals surface area contributed by atoms with Gasteiger partial charge in [0.1, 0.15) is 11.4 Å². The van der Waals surface area contributed by atoms with E-state index in [1.54, 1.807) is 25.1 Å². The third-order valence-electron chi connectivity index (χ3n) is 4.37. The Kier molecular flexibility index (Phi) is 6.78. The first-order valence-electron chi connectivity index (χ1n) is 9.11. The molecule has 6 N–H and O–H groups in total. The van der Waals surface area contributed by atoms with E-state index < -0.39 is 0 Å². The highest BCUT2D eigenvalue weighted by atomic mass is 32.2. The third-order valence-corrected chi connectivity index (χ3v) is 5.03. The van der Waals surface area contributed by atoms with Crippen molar-refractivity contribution in [3.63, 3.8) is 0 Å².